The van der Waals surface area contributed by atoms with E-state index in [-0.39, 0.29) is 5.91 Å². The lowest BCUT2D eigenvalue weighted by molar-refractivity contribution is -0.155. The number of esters is 1. The number of carbonyl (C=O) groups excluding carboxylic acids is 2. The van der Waals surface area contributed by atoms with Crippen LogP contribution in [-0.4, -0.2) is 29.4 Å². The van der Waals surface area contributed by atoms with E-state index < -0.39 is 12.1 Å². The van der Waals surface area contributed by atoms with Gasteiger partial charge in [-0.15, -0.1) is 0 Å². The molecule has 0 fully saturated rings. The van der Waals surface area contributed by atoms with Gasteiger partial charge in [-0.2, -0.15) is 0 Å². The van der Waals surface area contributed by atoms with Gasteiger partial charge in [0.15, 0.2) is 6.10 Å². The van der Waals surface area contributed by atoms with Crippen LogP contribution in [0.2, 0.25) is 0 Å². The minimum atomic E-state index is -0.809. The maximum atomic E-state index is 12.6. The van der Waals surface area contributed by atoms with Crippen molar-refractivity contribution in [2.75, 3.05) is 6.54 Å². The van der Waals surface area contributed by atoms with Crippen LogP contribution in [0.5, 0.6) is 0 Å². The minimum Gasteiger partial charge on any atom is -0.449 e. The number of amides is 1. The van der Waals surface area contributed by atoms with Gasteiger partial charge in [0.1, 0.15) is 0 Å². The molecule has 1 atom stereocenters. The zero-order valence-electron chi connectivity index (χ0n) is 14.5. The molecule has 0 bridgehead atoms. The molecule has 4 nitrogen and oxygen atoms in total. The average molecular weight is 414 g/mol. The minimum absolute atomic E-state index is 0.165. The SMILES string of the molecule is C[C@@H](OC(=O)/C=C/c1ccccc1Br)C(=O)N1CCc2ccccc2C1. The first kappa shape index (κ1) is 18.4. The molecule has 0 spiro atoms. The zero-order valence-corrected chi connectivity index (χ0v) is 16.1. The van der Waals surface area contributed by atoms with E-state index in [9.17, 15) is 9.59 Å². The molecular formula is C21H20BrNO3. The lowest BCUT2D eigenvalue weighted by Crippen LogP contribution is -2.42. The molecule has 0 unspecified atom stereocenters. The van der Waals surface area contributed by atoms with E-state index in [1.54, 1.807) is 17.9 Å². The Bertz CT molecular complexity index is 847. The van der Waals surface area contributed by atoms with Crippen LogP contribution in [0.3, 0.4) is 0 Å². The molecule has 0 saturated carbocycles. The molecule has 134 valence electrons. The van der Waals surface area contributed by atoms with Gasteiger partial charge in [0.2, 0.25) is 0 Å². The van der Waals surface area contributed by atoms with Crippen LogP contribution in [0.25, 0.3) is 6.08 Å². The predicted octanol–water partition coefficient (Wildman–Crippen LogP) is 3.98. The lowest BCUT2D eigenvalue weighted by atomic mass is 9.99. The summed E-state index contributed by atoms with van der Waals surface area (Å²) < 4.78 is 6.17. The van der Waals surface area contributed by atoms with Crippen molar-refractivity contribution < 1.29 is 14.3 Å². The van der Waals surface area contributed by atoms with Crippen LogP contribution in [-0.2, 0) is 27.3 Å². The Labute approximate surface area is 161 Å². The van der Waals surface area contributed by atoms with Crippen LogP contribution < -0.4 is 0 Å². The lowest BCUT2D eigenvalue weighted by Gasteiger charge is -2.30. The third-order valence-electron chi connectivity index (χ3n) is 4.39. The van der Waals surface area contributed by atoms with Crippen molar-refractivity contribution in [3.8, 4) is 0 Å². The zero-order chi connectivity index (χ0) is 18.5. The molecule has 1 heterocycles. The normalized spacial score (nSPS) is 14.8. The molecule has 1 amide bonds. The molecule has 1 aliphatic heterocycles. The molecule has 2 aromatic carbocycles. The predicted molar refractivity (Wildman–Crippen MR) is 104 cm³/mol. The van der Waals surface area contributed by atoms with Gasteiger partial charge >= 0.3 is 5.97 Å². The summed E-state index contributed by atoms with van der Waals surface area (Å²) in [5.74, 6) is -0.693. The molecule has 26 heavy (non-hydrogen) atoms. The number of halogens is 1. The number of rotatable bonds is 4. The quantitative estimate of drug-likeness (QED) is 0.562. The van der Waals surface area contributed by atoms with E-state index in [1.165, 1.54) is 11.6 Å². The van der Waals surface area contributed by atoms with Crippen molar-refractivity contribution in [1.29, 1.82) is 0 Å². The Balaban J connectivity index is 1.58. The maximum Gasteiger partial charge on any atom is 0.331 e. The standard InChI is InChI=1S/C21H20BrNO3/c1-15(26-20(24)11-10-17-7-4-5-9-19(17)22)21(25)23-13-12-16-6-2-3-8-18(16)14-23/h2-11,15H,12-14H2,1H3/b11-10+/t15-/m1/s1. The topological polar surface area (TPSA) is 46.6 Å². The highest BCUT2D eigenvalue weighted by Crippen LogP contribution is 2.20. The Morgan fingerprint density at radius 2 is 1.81 bits per heavy atom. The van der Waals surface area contributed by atoms with Crippen LogP contribution in [0.4, 0.5) is 0 Å². The van der Waals surface area contributed by atoms with Crippen LogP contribution >= 0.6 is 15.9 Å². The van der Waals surface area contributed by atoms with E-state index in [1.807, 2.05) is 42.5 Å². The number of ether oxygens (including phenoxy) is 1. The number of fused-ring (bicyclic) bond motifs is 1. The van der Waals surface area contributed by atoms with E-state index in [0.29, 0.717) is 13.1 Å². The summed E-state index contributed by atoms with van der Waals surface area (Å²) in [6.07, 6.45) is 3.03. The summed E-state index contributed by atoms with van der Waals surface area (Å²) in [5, 5.41) is 0. The van der Waals surface area contributed by atoms with Crippen LogP contribution in [0.15, 0.2) is 59.1 Å². The summed E-state index contributed by atoms with van der Waals surface area (Å²) in [5.41, 5.74) is 3.30. The fraction of sp³-hybridized carbons (Fsp3) is 0.238. The van der Waals surface area contributed by atoms with Crippen LogP contribution in [0, 0.1) is 0 Å². The number of hydrogen-bond acceptors (Lipinski definition) is 3. The summed E-state index contributed by atoms with van der Waals surface area (Å²) in [6.45, 7) is 2.82. The molecule has 0 aromatic heterocycles. The van der Waals surface area contributed by atoms with Crippen LogP contribution in [0.1, 0.15) is 23.6 Å². The van der Waals surface area contributed by atoms with Gasteiger partial charge in [0.25, 0.3) is 5.91 Å². The largest absolute Gasteiger partial charge is 0.449 e. The Morgan fingerprint density at radius 1 is 1.12 bits per heavy atom. The van der Waals surface area contributed by atoms with Gasteiger partial charge in [-0.25, -0.2) is 4.79 Å². The summed E-state index contributed by atoms with van der Waals surface area (Å²) in [6, 6.07) is 15.7. The first-order chi connectivity index (χ1) is 12.5. The number of carbonyl (C=O) groups is 2. The van der Waals surface area contributed by atoms with Crippen molar-refractivity contribution in [3.63, 3.8) is 0 Å². The maximum absolute atomic E-state index is 12.6. The van der Waals surface area contributed by atoms with E-state index >= 15 is 0 Å². The molecule has 0 aliphatic carbocycles. The van der Waals surface area contributed by atoms with Gasteiger partial charge in [0.05, 0.1) is 0 Å². The monoisotopic (exact) mass is 413 g/mol. The Kier molecular flexibility index (Phi) is 5.89. The molecule has 3 rings (SSSR count). The Morgan fingerprint density at radius 3 is 2.58 bits per heavy atom. The van der Waals surface area contributed by atoms with Gasteiger partial charge in [-0.05, 0) is 42.2 Å². The third kappa shape index (κ3) is 4.41. The highest BCUT2D eigenvalue weighted by molar-refractivity contribution is 9.10. The highest BCUT2D eigenvalue weighted by Gasteiger charge is 2.26. The molecule has 1 aliphatic rings. The van der Waals surface area contributed by atoms with E-state index in [0.717, 1.165) is 22.0 Å². The average Bonchev–Trinajstić information content (AvgIpc) is 2.66. The summed E-state index contributed by atoms with van der Waals surface area (Å²) in [7, 11) is 0. The molecule has 0 saturated heterocycles. The van der Waals surface area contributed by atoms with E-state index in [4.69, 9.17) is 4.74 Å². The molecular weight excluding hydrogens is 394 g/mol. The van der Waals surface area contributed by atoms with Gasteiger partial charge < -0.3 is 9.64 Å². The van der Waals surface area contributed by atoms with Gasteiger partial charge in [-0.3, -0.25) is 4.79 Å². The first-order valence-corrected chi connectivity index (χ1v) is 9.32. The second-order valence-electron chi connectivity index (χ2n) is 6.21. The summed E-state index contributed by atoms with van der Waals surface area (Å²) >= 11 is 3.42. The number of benzene rings is 2. The van der Waals surface area contributed by atoms with Crippen molar-refractivity contribution in [1.82, 2.24) is 4.90 Å². The molecule has 5 heteroatoms. The molecule has 2 aromatic rings. The van der Waals surface area contributed by atoms with Crippen molar-refractivity contribution in [3.05, 3.63) is 75.8 Å². The molecule has 0 N–H and O–H groups in total. The van der Waals surface area contributed by atoms with Crippen molar-refractivity contribution >= 4 is 33.9 Å². The Hall–Kier alpha value is -2.40. The molecule has 0 radical (unpaired) electrons. The second kappa shape index (κ2) is 8.32. The van der Waals surface area contributed by atoms with Crippen molar-refractivity contribution in [2.45, 2.75) is 26.0 Å². The smallest absolute Gasteiger partial charge is 0.331 e. The second-order valence-corrected chi connectivity index (χ2v) is 7.07. The van der Waals surface area contributed by atoms with Gasteiger partial charge in [-0.1, -0.05) is 58.4 Å². The van der Waals surface area contributed by atoms with E-state index in [2.05, 4.69) is 22.0 Å². The van der Waals surface area contributed by atoms with Crippen molar-refractivity contribution in [2.24, 2.45) is 0 Å². The fourth-order valence-electron chi connectivity index (χ4n) is 2.97. The highest BCUT2D eigenvalue weighted by atomic mass is 79.9. The summed E-state index contributed by atoms with van der Waals surface area (Å²) in [4.78, 5) is 26.4. The number of nitrogens with zero attached hydrogens (tertiary/aromatic N) is 1. The fourth-order valence-corrected chi connectivity index (χ4v) is 3.39. The third-order valence-corrected chi connectivity index (χ3v) is 5.11. The van der Waals surface area contributed by atoms with Gasteiger partial charge in [0, 0.05) is 23.6 Å². The first-order valence-electron chi connectivity index (χ1n) is 8.53. The number of hydrogen-bond donors (Lipinski definition) is 0.